The van der Waals surface area contributed by atoms with E-state index in [2.05, 4.69) is 170 Å². The monoisotopic (exact) mass is 750 g/mol. The number of benzene rings is 7. The lowest BCUT2D eigenvalue weighted by atomic mass is 9.98. The van der Waals surface area contributed by atoms with E-state index < -0.39 is 0 Å². The van der Waals surface area contributed by atoms with Crippen LogP contribution in [0.5, 0.6) is 0 Å². The quantitative estimate of drug-likeness (QED) is 0.170. The zero-order valence-electron chi connectivity index (χ0n) is 29.9. The maximum absolute atomic E-state index is 5.46. The highest BCUT2D eigenvalue weighted by Crippen LogP contribution is 2.44. The molecule has 0 aliphatic carbocycles. The molecule has 0 atom stereocenters. The summed E-state index contributed by atoms with van der Waals surface area (Å²) in [6, 6.07) is 63.7. The molecule has 4 nitrogen and oxygen atoms in total. The molecule has 4 heterocycles. The van der Waals surface area contributed by atoms with E-state index in [1.54, 1.807) is 22.7 Å². The number of hydrogen-bond donors (Lipinski definition) is 0. The Morgan fingerprint density at radius 3 is 1.29 bits per heavy atom. The summed E-state index contributed by atoms with van der Waals surface area (Å²) in [6.45, 7) is 0. The van der Waals surface area contributed by atoms with Crippen molar-refractivity contribution >= 4 is 63.3 Å². The van der Waals surface area contributed by atoms with E-state index in [-0.39, 0.29) is 0 Å². The molecule has 11 rings (SSSR count). The van der Waals surface area contributed by atoms with Gasteiger partial charge in [-0.25, -0.2) is 19.9 Å². The van der Waals surface area contributed by atoms with Crippen LogP contribution < -0.4 is 0 Å². The molecule has 0 aliphatic heterocycles. The smallest absolute Gasteiger partial charge is 0.162 e. The van der Waals surface area contributed by atoms with Crippen LogP contribution in [0.25, 0.3) is 108 Å². The summed E-state index contributed by atoms with van der Waals surface area (Å²) in [6.07, 6.45) is 0. The van der Waals surface area contributed by atoms with Gasteiger partial charge in [0.05, 0.1) is 11.4 Å². The van der Waals surface area contributed by atoms with Crippen LogP contribution in [0.1, 0.15) is 0 Å². The molecule has 0 amide bonds. The van der Waals surface area contributed by atoms with Crippen LogP contribution in [0, 0.1) is 0 Å². The van der Waals surface area contributed by atoms with Crippen molar-refractivity contribution in [2.24, 2.45) is 0 Å². The van der Waals surface area contributed by atoms with E-state index in [9.17, 15) is 0 Å². The number of rotatable bonds is 6. The molecule has 0 saturated carbocycles. The highest BCUT2D eigenvalue weighted by atomic mass is 32.1. The molecule has 6 heteroatoms. The van der Waals surface area contributed by atoms with Gasteiger partial charge in [-0.3, -0.25) is 0 Å². The summed E-state index contributed by atoms with van der Waals surface area (Å²) in [5, 5.41) is 4.43. The number of fused-ring (bicyclic) bond motifs is 6. The van der Waals surface area contributed by atoms with Gasteiger partial charge in [0.25, 0.3) is 0 Å². The molecule has 0 bridgehead atoms. The molecule has 0 unspecified atom stereocenters. The van der Waals surface area contributed by atoms with Crippen molar-refractivity contribution in [3.63, 3.8) is 0 Å². The fraction of sp³-hybridized carbons (Fsp3) is 0. The molecule has 0 fully saturated rings. The Morgan fingerprint density at radius 1 is 0.286 bits per heavy atom. The van der Waals surface area contributed by atoms with Gasteiger partial charge in [-0.2, -0.15) is 0 Å². The van der Waals surface area contributed by atoms with Gasteiger partial charge >= 0.3 is 0 Å². The average molecular weight is 751 g/mol. The molecule has 11 aromatic rings. The topological polar surface area (TPSA) is 51.6 Å². The summed E-state index contributed by atoms with van der Waals surface area (Å²) < 4.78 is 2.37. The van der Waals surface area contributed by atoms with E-state index in [1.807, 2.05) is 12.1 Å². The van der Waals surface area contributed by atoms with Gasteiger partial charge in [-0.1, -0.05) is 170 Å². The van der Waals surface area contributed by atoms with Crippen LogP contribution in [0.4, 0.5) is 0 Å². The van der Waals surface area contributed by atoms with Crippen molar-refractivity contribution in [2.45, 2.75) is 0 Å². The van der Waals surface area contributed by atoms with Gasteiger partial charge in [-0.15, -0.1) is 22.7 Å². The minimum absolute atomic E-state index is 0.668. The maximum atomic E-state index is 5.46. The minimum Gasteiger partial charge on any atom is -0.227 e. The molecule has 0 N–H and O–H groups in total. The second kappa shape index (κ2) is 13.5. The van der Waals surface area contributed by atoms with Crippen LogP contribution in [-0.4, -0.2) is 19.9 Å². The maximum Gasteiger partial charge on any atom is 0.162 e. The van der Waals surface area contributed by atoms with E-state index in [0.717, 1.165) is 65.0 Å². The third kappa shape index (κ3) is 5.58. The van der Waals surface area contributed by atoms with Crippen LogP contribution in [0.15, 0.2) is 182 Å². The van der Waals surface area contributed by atoms with Gasteiger partial charge < -0.3 is 0 Å². The normalized spacial score (nSPS) is 11.6. The Morgan fingerprint density at radius 2 is 0.696 bits per heavy atom. The van der Waals surface area contributed by atoms with Crippen molar-refractivity contribution in [1.82, 2.24) is 19.9 Å². The zero-order chi connectivity index (χ0) is 37.0. The zero-order valence-corrected chi connectivity index (χ0v) is 31.6. The second-order valence-electron chi connectivity index (χ2n) is 13.8. The van der Waals surface area contributed by atoms with Crippen molar-refractivity contribution in [3.8, 4) is 67.5 Å². The Labute approximate surface area is 331 Å². The molecule has 7 aromatic carbocycles. The predicted octanol–water partition coefficient (Wildman–Crippen LogP) is 14.0. The molecule has 0 radical (unpaired) electrons. The van der Waals surface area contributed by atoms with E-state index >= 15 is 0 Å². The molecular weight excluding hydrogens is 721 g/mol. The van der Waals surface area contributed by atoms with Crippen molar-refractivity contribution in [1.29, 1.82) is 0 Å². The first-order chi connectivity index (χ1) is 27.7. The first-order valence-electron chi connectivity index (χ1n) is 18.6. The highest BCUT2D eigenvalue weighted by molar-refractivity contribution is 7.26. The summed E-state index contributed by atoms with van der Waals surface area (Å²) >= 11 is 3.41. The summed E-state index contributed by atoms with van der Waals surface area (Å²) in [5.74, 6) is 1.36. The third-order valence-electron chi connectivity index (χ3n) is 10.4. The predicted molar refractivity (Wildman–Crippen MR) is 236 cm³/mol. The third-order valence-corrected chi connectivity index (χ3v) is 12.5. The molecule has 4 aromatic heterocycles. The van der Waals surface area contributed by atoms with Crippen LogP contribution in [-0.2, 0) is 0 Å². The Hall–Kier alpha value is -6.86. The lowest BCUT2D eigenvalue weighted by Gasteiger charge is -2.13. The Balaban J connectivity index is 1.12. The molecule has 0 spiro atoms. The fourth-order valence-corrected chi connectivity index (χ4v) is 9.83. The van der Waals surface area contributed by atoms with Gasteiger partial charge in [0, 0.05) is 53.2 Å². The summed E-state index contributed by atoms with van der Waals surface area (Å²) in [4.78, 5) is 23.3. The minimum atomic E-state index is 0.668. The van der Waals surface area contributed by atoms with Crippen molar-refractivity contribution in [2.75, 3.05) is 0 Å². The summed E-state index contributed by atoms with van der Waals surface area (Å²) in [7, 11) is 0. The lowest BCUT2D eigenvalue weighted by molar-refractivity contribution is 1.22. The van der Waals surface area contributed by atoms with E-state index in [1.165, 1.54) is 31.5 Å². The largest absolute Gasteiger partial charge is 0.227 e. The number of nitrogens with zero attached hydrogens (tertiary/aromatic N) is 4. The molecule has 262 valence electrons. The Kier molecular flexibility index (Phi) is 7.83. The van der Waals surface area contributed by atoms with Crippen molar-refractivity contribution in [3.05, 3.63) is 182 Å². The first kappa shape index (κ1) is 32.6. The van der Waals surface area contributed by atoms with Gasteiger partial charge in [0.2, 0.25) is 0 Å². The van der Waals surface area contributed by atoms with Gasteiger partial charge in [-0.05, 0) is 34.4 Å². The highest BCUT2D eigenvalue weighted by Gasteiger charge is 2.22. The van der Waals surface area contributed by atoms with Gasteiger partial charge in [0.15, 0.2) is 11.6 Å². The SMILES string of the molecule is c1ccc(-c2ccc(-c3nc(-c4ccccc4-c4nc(-c5ccc(-c6ccccc6)cc5)c5c(n4)sc4ccccc45)c4c(n3)sc3ccccc34)cc2)cc1. The Bertz CT molecular complexity index is 3220. The van der Waals surface area contributed by atoms with E-state index in [4.69, 9.17) is 19.9 Å². The number of thiophene rings is 2. The molecular formula is C50H30N4S2. The first-order valence-corrected chi connectivity index (χ1v) is 20.2. The van der Waals surface area contributed by atoms with Crippen molar-refractivity contribution < 1.29 is 0 Å². The number of aromatic nitrogens is 4. The van der Waals surface area contributed by atoms with Crippen LogP contribution in [0.3, 0.4) is 0 Å². The molecule has 0 aliphatic rings. The van der Waals surface area contributed by atoms with Gasteiger partial charge in [0.1, 0.15) is 9.66 Å². The summed E-state index contributed by atoms with van der Waals surface area (Å²) in [5.41, 5.74) is 10.4. The second-order valence-corrected chi connectivity index (χ2v) is 15.8. The van der Waals surface area contributed by atoms with E-state index in [0.29, 0.717) is 11.6 Å². The number of hydrogen-bond acceptors (Lipinski definition) is 6. The fourth-order valence-electron chi connectivity index (χ4n) is 7.68. The lowest BCUT2D eigenvalue weighted by Crippen LogP contribution is -1.98. The van der Waals surface area contributed by atoms with Crippen LogP contribution >= 0.6 is 22.7 Å². The van der Waals surface area contributed by atoms with Crippen LogP contribution in [0.2, 0.25) is 0 Å². The average Bonchev–Trinajstić information content (AvgIpc) is 3.85. The standard InChI is InChI=1S/C50H30N4S2/c1-3-13-31(14-4-1)33-23-27-35(28-24-33)45-43-39-19-9-11-21-41(39)55-49(43)54-48(51-45)38-18-8-7-17-37(38)46-44-40-20-10-12-22-42(40)56-50(44)53-47(52-46)36-29-25-34(26-30-36)32-15-5-2-6-16-32/h1-30H. The molecule has 0 saturated heterocycles. The molecule has 56 heavy (non-hydrogen) atoms.